The van der Waals surface area contributed by atoms with Crippen molar-refractivity contribution in [2.24, 2.45) is 0 Å². The van der Waals surface area contributed by atoms with E-state index in [1.54, 1.807) is 43.3 Å². The van der Waals surface area contributed by atoms with Crippen LogP contribution in [0.1, 0.15) is 34.5 Å². The molecule has 0 aliphatic carbocycles. The normalized spacial score (nSPS) is 12.1. The van der Waals surface area contributed by atoms with Gasteiger partial charge >= 0.3 is 0 Å². The minimum absolute atomic E-state index is 0.0252. The van der Waals surface area contributed by atoms with Gasteiger partial charge in [-0.2, -0.15) is 0 Å². The molecule has 1 atom stereocenters. The van der Waals surface area contributed by atoms with Crippen LogP contribution in [0.2, 0.25) is 0 Å². The SMILES string of the molecule is COc1ccccc1C(C)N(C)C(=O)c1cccc(S(=O)(=O)Nc2ccc(C)cc2)c1. The Labute approximate surface area is 183 Å². The van der Waals surface area contributed by atoms with E-state index in [-0.39, 0.29) is 22.4 Å². The smallest absolute Gasteiger partial charge is 0.261 e. The highest BCUT2D eigenvalue weighted by molar-refractivity contribution is 7.92. The van der Waals surface area contributed by atoms with E-state index in [1.807, 2.05) is 50.2 Å². The summed E-state index contributed by atoms with van der Waals surface area (Å²) in [7, 11) is -0.560. The summed E-state index contributed by atoms with van der Waals surface area (Å²) >= 11 is 0. The highest BCUT2D eigenvalue weighted by atomic mass is 32.2. The van der Waals surface area contributed by atoms with Crippen LogP contribution in [0.15, 0.2) is 77.7 Å². The largest absolute Gasteiger partial charge is 0.496 e. The number of rotatable bonds is 7. The number of nitrogens with one attached hydrogen (secondary N) is 1. The number of sulfonamides is 1. The zero-order valence-electron chi connectivity index (χ0n) is 18.0. The Morgan fingerprint density at radius 1 is 1.00 bits per heavy atom. The third-order valence-corrected chi connectivity index (χ3v) is 6.56. The van der Waals surface area contributed by atoms with E-state index in [0.717, 1.165) is 11.1 Å². The number of aryl methyl sites for hydroxylation is 1. The summed E-state index contributed by atoms with van der Waals surface area (Å²) in [4.78, 5) is 14.7. The topological polar surface area (TPSA) is 75.7 Å². The van der Waals surface area contributed by atoms with Crippen molar-refractivity contribution in [1.29, 1.82) is 0 Å². The van der Waals surface area contributed by atoms with Gasteiger partial charge in [0.1, 0.15) is 5.75 Å². The average Bonchev–Trinajstić information content (AvgIpc) is 2.79. The maximum absolute atomic E-state index is 13.1. The van der Waals surface area contributed by atoms with Gasteiger partial charge in [-0.05, 0) is 50.2 Å². The molecule has 3 aromatic rings. The Morgan fingerprint density at radius 3 is 2.35 bits per heavy atom. The molecule has 0 radical (unpaired) electrons. The van der Waals surface area contributed by atoms with Crippen LogP contribution in [0.5, 0.6) is 5.75 Å². The molecule has 0 aliphatic rings. The molecule has 31 heavy (non-hydrogen) atoms. The maximum atomic E-state index is 13.1. The summed E-state index contributed by atoms with van der Waals surface area (Å²) in [6, 6.07) is 20.3. The molecule has 0 saturated heterocycles. The lowest BCUT2D eigenvalue weighted by atomic mass is 10.0. The molecule has 0 aromatic heterocycles. The van der Waals surface area contributed by atoms with Crippen molar-refractivity contribution < 1.29 is 17.9 Å². The molecule has 0 saturated carbocycles. The van der Waals surface area contributed by atoms with E-state index in [4.69, 9.17) is 4.74 Å². The summed E-state index contributed by atoms with van der Waals surface area (Å²) in [5, 5.41) is 0. The van der Waals surface area contributed by atoms with Crippen LogP contribution in [0.4, 0.5) is 5.69 Å². The van der Waals surface area contributed by atoms with Crippen molar-refractivity contribution in [1.82, 2.24) is 4.90 Å². The maximum Gasteiger partial charge on any atom is 0.261 e. The second-order valence-electron chi connectivity index (χ2n) is 7.33. The van der Waals surface area contributed by atoms with Gasteiger partial charge in [0.05, 0.1) is 18.0 Å². The fourth-order valence-electron chi connectivity index (χ4n) is 3.23. The Bertz CT molecular complexity index is 1170. The molecule has 7 heteroatoms. The molecule has 1 amide bonds. The molecule has 0 spiro atoms. The second kappa shape index (κ2) is 9.22. The van der Waals surface area contributed by atoms with E-state index in [2.05, 4.69) is 4.72 Å². The molecular formula is C24H26N2O4S. The predicted octanol–water partition coefficient (Wildman–Crippen LogP) is 4.64. The molecular weight excluding hydrogens is 412 g/mol. The Hall–Kier alpha value is -3.32. The van der Waals surface area contributed by atoms with Crippen LogP contribution >= 0.6 is 0 Å². The second-order valence-corrected chi connectivity index (χ2v) is 9.02. The monoisotopic (exact) mass is 438 g/mol. The number of amides is 1. The zero-order valence-corrected chi connectivity index (χ0v) is 18.8. The van der Waals surface area contributed by atoms with E-state index in [0.29, 0.717) is 11.4 Å². The first-order valence-electron chi connectivity index (χ1n) is 9.82. The fourth-order valence-corrected chi connectivity index (χ4v) is 4.34. The Morgan fingerprint density at radius 2 is 1.68 bits per heavy atom. The highest BCUT2D eigenvalue weighted by Crippen LogP contribution is 2.29. The van der Waals surface area contributed by atoms with Gasteiger partial charge in [-0.15, -0.1) is 0 Å². The summed E-state index contributed by atoms with van der Waals surface area (Å²) < 4.78 is 33.6. The zero-order chi connectivity index (χ0) is 22.6. The lowest BCUT2D eigenvalue weighted by molar-refractivity contribution is 0.0741. The van der Waals surface area contributed by atoms with Crippen molar-refractivity contribution in [2.45, 2.75) is 24.8 Å². The average molecular weight is 439 g/mol. The quantitative estimate of drug-likeness (QED) is 0.583. The molecule has 0 fully saturated rings. The van der Waals surface area contributed by atoms with Gasteiger partial charge in [0.25, 0.3) is 15.9 Å². The molecule has 1 unspecified atom stereocenters. The number of ether oxygens (including phenoxy) is 1. The van der Waals surface area contributed by atoms with Crippen LogP contribution in [-0.2, 0) is 10.0 Å². The Kier molecular flexibility index (Phi) is 6.65. The molecule has 162 valence electrons. The first kappa shape index (κ1) is 22.4. The van der Waals surface area contributed by atoms with E-state index in [9.17, 15) is 13.2 Å². The first-order valence-corrected chi connectivity index (χ1v) is 11.3. The van der Waals surface area contributed by atoms with Crippen LogP contribution in [-0.4, -0.2) is 33.4 Å². The summed E-state index contributed by atoms with van der Waals surface area (Å²) in [5.41, 5.74) is 2.65. The number of benzene rings is 3. The summed E-state index contributed by atoms with van der Waals surface area (Å²) in [6.45, 7) is 3.82. The number of carbonyl (C=O) groups is 1. The Balaban J connectivity index is 1.84. The van der Waals surface area contributed by atoms with Gasteiger partial charge in [0.2, 0.25) is 0 Å². The number of para-hydroxylation sites is 1. The van der Waals surface area contributed by atoms with E-state index >= 15 is 0 Å². The molecule has 0 aliphatic heterocycles. The lowest BCUT2D eigenvalue weighted by Gasteiger charge is -2.26. The number of carbonyl (C=O) groups excluding carboxylic acids is 1. The van der Waals surface area contributed by atoms with Gasteiger partial charge < -0.3 is 9.64 Å². The number of methoxy groups -OCH3 is 1. The minimum atomic E-state index is -3.83. The van der Waals surface area contributed by atoms with Crippen molar-refractivity contribution >= 4 is 21.6 Å². The summed E-state index contributed by atoms with van der Waals surface area (Å²) in [6.07, 6.45) is 0. The van der Waals surface area contributed by atoms with Crippen LogP contribution in [0.3, 0.4) is 0 Å². The van der Waals surface area contributed by atoms with Crippen molar-refractivity contribution in [2.75, 3.05) is 18.9 Å². The molecule has 0 heterocycles. The van der Waals surface area contributed by atoms with Gasteiger partial charge in [0.15, 0.2) is 0 Å². The van der Waals surface area contributed by atoms with Gasteiger partial charge in [-0.25, -0.2) is 8.42 Å². The van der Waals surface area contributed by atoms with E-state index < -0.39 is 10.0 Å². The van der Waals surface area contributed by atoms with Crippen molar-refractivity contribution in [3.63, 3.8) is 0 Å². The molecule has 1 N–H and O–H groups in total. The van der Waals surface area contributed by atoms with Crippen molar-refractivity contribution in [3.05, 3.63) is 89.5 Å². The standard InChI is InChI=1S/C24H26N2O4S/c1-17-12-14-20(15-13-17)25-31(28,29)21-9-7-8-19(16-21)24(27)26(3)18(2)22-10-5-6-11-23(22)30-4/h5-16,18,25H,1-4H3. The van der Waals surface area contributed by atoms with Gasteiger partial charge in [-0.3, -0.25) is 9.52 Å². The minimum Gasteiger partial charge on any atom is -0.496 e. The third-order valence-electron chi connectivity index (χ3n) is 5.19. The fraction of sp³-hybridized carbons (Fsp3) is 0.208. The van der Waals surface area contributed by atoms with Crippen LogP contribution in [0, 0.1) is 6.92 Å². The third kappa shape index (κ3) is 5.06. The van der Waals surface area contributed by atoms with E-state index in [1.165, 1.54) is 12.1 Å². The number of anilines is 1. The first-order chi connectivity index (χ1) is 14.7. The molecule has 3 aromatic carbocycles. The lowest BCUT2D eigenvalue weighted by Crippen LogP contribution is -2.30. The molecule has 6 nitrogen and oxygen atoms in total. The molecule has 3 rings (SSSR count). The van der Waals surface area contributed by atoms with Gasteiger partial charge in [0, 0.05) is 23.9 Å². The number of hydrogen-bond acceptors (Lipinski definition) is 4. The number of nitrogens with zero attached hydrogens (tertiary/aromatic N) is 1. The predicted molar refractivity (Wildman–Crippen MR) is 122 cm³/mol. The molecule has 0 bridgehead atoms. The van der Waals surface area contributed by atoms with Crippen LogP contribution in [0.25, 0.3) is 0 Å². The highest BCUT2D eigenvalue weighted by Gasteiger charge is 2.23. The van der Waals surface area contributed by atoms with Crippen LogP contribution < -0.4 is 9.46 Å². The number of hydrogen-bond donors (Lipinski definition) is 1. The van der Waals surface area contributed by atoms with Gasteiger partial charge in [-0.1, -0.05) is 42.0 Å². The summed E-state index contributed by atoms with van der Waals surface area (Å²) in [5.74, 6) is 0.402. The van der Waals surface area contributed by atoms with Crippen molar-refractivity contribution in [3.8, 4) is 5.75 Å².